The summed E-state index contributed by atoms with van der Waals surface area (Å²) >= 11 is 9.45. The molecule has 0 saturated carbocycles. The van der Waals surface area contributed by atoms with Crippen molar-refractivity contribution in [1.82, 2.24) is 4.98 Å². The number of aromatic nitrogens is 1. The molecule has 15 heavy (non-hydrogen) atoms. The van der Waals surface area contributed by atoms with Crippen LogP contribution in [-0.2, 0) is 0 Å². The van der Waals surface area contributed by atoms with Crippen LogP contribution >= 0.6 is 45.5 Å². The minimum atomic E-state index is 0.608. The second-order valence-electron chi connectivity index (χ2n) is 2.81. The van der Waals surface area contributed by atoms with Gasteiger partial charge in [-0.15, -0.1) is 11.3 Å². The lowest BCUT2D eigenvalue weighted by molar-refractivity contribution is 0.112. The molecule has 5 heteroatoms. The summed E-state index contributed by atoms with van der Waals surface area (Å²) in [6, 6.07) is 3.72. The van der Waals surface area contributed by atoms with Gasteiger partial charge in [-0.2, -0.15) is 0 Å². The van der Waals surface area contributed by atoms with E-state index in [1.54, 1.807) is 6.20 Å². The number of hydrogen-bond donors (Lipinski definition) is 0. The zero-order valence-electron chi connectivity index (χ0n) is 7.41. The van der Waals surface area contributed by atoms with E-state index in [0.717, 1.165) is 21.1 Å². The van der Waals surface area contributed by atoms with Gasteiger partial charge < -0.3 is 0 Å². The highest BCUT2D eigenvalue weighted by Crippen LogP contribution is 2.29. The van der Waals surface area contributed by atoms with Crippen molar-refractivity contribution in [2.24, 2.45) is 0 Å². The molecule has 0 fully saturated rings. The molecule has 0 aliphatic heterocycles. The Hall–Kier alpha value is -0.460. The average Bonchev–Trinajstić information content (AvgIpc) is 2.70. The van der Waals surface area contributed by atoms with E-state index >= 15 is 0 Å². The zero-order chi connectivity index (χ0) is 10.8. The van der Waals surface area contributed by atoms with E-state index in [4.69, 9.17) is 11.6 Å². The minimum Gasteiger partial charge on any atom is -0.297 e. The highest BCUT2D eigenvalue weighted by Gasteiger charge is 2.08. The van der Waals surface area contributed by atoms with Crippen molar-refractivity contribution in [3.05, 3.63) is 37.3 Å². The molecule has 2 nitrogen and oxygen atoms in total. The van der Waals surface area contributed by atoms with Crippen molar-refractivity contribution < 1.29 is 4.79 Å². The Morgan fingerprint density at radius 1 is 1.53 bits per heavy atom. The number of carbonyl (C=O) groups excluding carboxylic acids is 1. The van der Waals surface area contributed by atoms with Crippen LogP contribution in [0, 0.1) is 3.70 Å². The molecular formula is C10H5ClINOS. The van der Waals surface area contributed by atoms with Crippen LogP contribution < -0.4 is 0 Å². The number of aldehydes is 1. The van der Waals surface area contributed by atoms with E-state index in [9.17, 15) is 4.79 Å². The summed E-state index contributed by atoms with van der Waals surface area (Å²) in [5.74, 6) is 0. The van der Waals surface area contributed by atoms with Crippen molar-refractivity contribution in [2.75, 3.05) is 0 Å². The molecule has 0 N–H and O–H groups in total. The van der Waals surface area contributed by atoms with Gasteiger partial charge in [-0.3, -0.25) is 4.79 Å². The lowest BCUT2D eigenvalue weighted by Gasteiger charge is -2.01. The molecule has 0 radical (unpaired) electrons. The van der Waals surface area contributed by atoms with Crippen molar-refractivity contribution >= 4 is 51.8 Å². The van der Waals surface area contributed by atoms with Crippen LogP contribution in [0.15, 0.2) is 23.7 Å². The minimum absolute atomic E-state index is 0.608. The molecule has 0 aliphatic rings. The Labute approximate surface area is 109 Å². The quantitative estimate of drug-likeness (QED) is 0.468. The van der Waals surface area contributed by atoms with Crippen molar-refractivity contribution in [1.29, 1.82) is 0 Å². The van der Waals surface area contributed by atoms with Gasteiger partial charge in [0.05, 0.1) is 9.90 Å². The van der Waals surface area contributed by atoms with Gasteiger partial charge in [0.2, 0.25) is 0 Å². The SMILES string of the molecule is O=Cc1sccc1-c1cnc(I)c(Cl)c1. The number of carbonyl (C=O) groups is 1. The highest BCUT2D eigenvalue weighted by atomic mass is 127. The highest BCUT2D eigenvalue weighted by molar-refractivity contribution is 14.1. The van der Waals surface area contributed by atoms with Crippen LogP contribution in [-0.4, -0.2) is 11.3 Å². The summed E-state index contributed by atoms with van der Waals surface area (Å²) in [5, 5.41) is 2.49. The maximum atomic E-state index is 10.8. The second kappa shape index (κ2) is 4.59. The number of halogens is 2. The first-order chi connectivity index (χ1) is 7.22. The fourth-order valence-electron chi connectivity index (χ4n) is 1.22. The molecule has 2 aromatic rings. The van der Waals surface area contributed by atoms with Crippen LogP contribution in [0.5, 0.6) is 0 Å². The van der Waals surface area contributed by atoms with Gasteiger partial charge in [-0.25, -0.2) is 4.98 Å². The van der Waals surface area contributed by atoms with Gasteiger partial charge in [0.25, 0.3) is 0 Å². The summed E-state index contributed by atoms with van der Waals surface area (Å²) in [6.45, 7) is 0. The predicted molar refractivity (Wildman–Crippen MR) is 70.7 cm³/mol. The second-order valence-corrected chi connectivity index (χ2v) is 5.19. The normalized spacial score (nSPS) is 10.3. The summed E-state index contributed by atoms with van der Waals surface area (Å²) in [6.07, 6.45) is 2.58. The molecule has 2 heterocycles. The molecule has 0 bridgehead atoms. The number of pyridine rings is 1. The molecule has 0 aromatic carbocycles. The largest absolute Gasteiger partial charge is 0.297 e. The van der Waals surface area contributed by atoms with Crippen LogP contribution in [0.4, 0.5) is 0 Å². The molecule has 0 aliphatic carbocycles. The van der Waals surface area contributed by atoms with Crippen molar-refractivity contribution in [3.63, 3.8) is 0 Å². The van der Waals surface area contributed by atoms with Gasteiger partial charge in [0.15, 0.2) is 6.29 Å². The standard InChI is InChI=1S/C10H5ClINOS/c11-8-3-6(4-13-10(8)12)7-1-2-15-9(7)5-14/h1-5H. The average molecular weight is 350 g/mol. The van der Waals surface area contributed by atoms with E-state index in [0.29, 0.717) is 9.90 Å². The topological polar surface area (TPSA) is 30.0 Å². The van der Waals surface area contributed by atoms with Crippen LogP contribution in [0.25, 0.3) is 11.1 Å². The van der Waals surface area contributed by atoms with Crippen LogP contribution in [0.2, 0.25) is 5.02 Å². The third-order valence-corrected chi connectivity index (χ3v) is 4.22. The Kier molecular flexibility index (Phi) is 3.38. The molecule has 0 spiro atoms. The van der Waals surface area contributed by atoms with E-state index < -0.39 is 0 Å². The van der Waals surface area contributed by atoms with E-state index in [1.807, 2.05) is 17.5 Å². The first-order valence-corrected chi connectivity index (χ1v) is 6.40. The van der Waals surface area contributed by atoms with E-state index in [1.165, 1.54) is 11.3 Å². The summed E-state index contributed by atoms with van der Waals surface area (Å²) in [5.41, 5.74) is 1.77. The van der Waals surface area contributed by atoms with Crippen LogP contribution in [0.3, 0.4) is 0 Å². The van der Waals surface area contributed by atoms with Gasteiger partial charge in [0, 0.05) is 17.3 Å². The monoisotopic (exact) mass is 349 g/mol. The lowest BCUT2D eigenvalue weighted by atomic mass is 10.1. The number of thiophene rings is 1. The molecule has 0 atom stereocenters. The van der Waals surface area contributed by atoms with Gasteiger partial charge in [-0.1, -0.05) is 11.6 Å². The third kappa shape index (κ3) is 2.21. The third-order valence-electron chi connectivity index (χ3n) is 1.91. The number of nitrogens with zero attached hydrogens (tertiary/aromatic N) is 1. The summed E-state index contributed by atoms with van der Waals surface area (Å²) in [4.78, 5) is 15.6. The molecule has 0 saturated heterocycles. The smallest absolute Gasteiger partial charge is 0.160 e. The summed E-state index contributed by atoms with van der Waals surface area (Å²) < 4.78 is 0.765. The first-order valence-electron chi connectivity index (χ1n) is 4.06. The van der Waals surface area contributed by atoms with Gasteiger partial charge in [0.1, 0.15) is 3.70 Å². The van der Waals surface area contributed by atoms with Gasteiger partial charge in [-0.05, 0) is 40.1 Å². The number of hydrogen-bond acceptors (Lipinski definition) is 3. The van der Waals surface area contributed by atoms with Crippen LogP contribution in [0.1, 0.15) is 9.67 Å². The predicted octanol–water partition coefficient (Wildman–Crippen LogP) is 3.88. The van der Waals surface area contributed by atoms with Gasteiger partial charge >= 0.3 is 0 Å². The molecule has 0 amide bonds. The zero-order valence-corrected chi connectivity index (χ0v) is 11.1. The Morgan fingerprint density at radius 3 is 3.00 bits per heavy atom. The Bertz CT molecular complexity index is 512. The molecule has 2 aromatic heterocycles. The molecular weight excluding hydrogens is 345 g/mol. The van der Waals surface area contributed by atoms with Crippen molar-refractivity contribution in [2.45, 2.75) is 0 Å². The number of rotatable bonds is 2. The first kappa shape index (κ1) is 11.0. The molecule has 2 rings (SSSR count). The lowest BCUT2D eigenvalue weighted by Crippen LogP contribution is -1.86. The molecule has 76 valence electrons. The summed E-state index contributed by atoms with van der Waals surface area (Å²) in [7, 11) is 0. The fraction of sp³-hybridized carbons (Fsp3) is 0. The van der Waals surface area contributed by atoms with E-state index in [2.05, 4.69) is 27.6 Å². The maximum Gasteiger partial charge on any atom is 0.160 e. The Balaban J connectivity index is 2.54. The Morgan fingerprint density at radius 2 is 2.33 bits per heavy atom. The van der Waals surface area contributed by atoms with Crippen molar-refractivity contribution in [3.8, 4) is 11.1 Å². The fourth-order valence-corrected chi connectivity index (χ4v) is 2.40. The molecule has 0 unspecified atom stereocenters. The maximum absolute atomic E-state index is 10.8. The van der Waals surface area contributed by atoms with E-state index in [-0.39, 0.29) is 0 Å².